The van der Waals surface area contributed by atoms with E-state index in [1.165, 1.54) is 57.8 Å². The van der Waals surface area contributed by atoms with Crippen LogP contribution in [0, 0.1) is 0 Å². The second-order valence-electron chi connectivity index (χ2n) is 16.2. The SMILES string of the molecule is CC/C=C/C/C=C/C/C=C/CCCCCCCCCCCCCC(=O)OC(COCCC(C(=O)[O-])[N+](C)(C)C)COC(=O)CCCCCCC/C=C/C/C=C/CC. The summed E-state index contributed by atoms with van der Waals surface area (Å²) in [5.74, 6) is -1.76. The summed E-state index contributed by atoms with van der Waals surface area (Å²) in [6.45, 7) is 4.42. The molecular formula is C49H85NO7. The number of nitrogens with zero attached hydrogens (tertiary/aromatic N) is 1. The molecule has 0 amide bonds. The van der Waals surface area contributed by atoms with Crippen LogP contribution in [0.25, 0.3) is 0 Å². The summed E-state index contributed by atoms with van der Waals surface area (Å²) in [5.41, 5.74) is 0. The molecule has 0 bridgehead atoms. The van der Waals surface area contributed by atoms with Crippen molar-refractivity contribution in [2.75, 3.05) is 41.0 Å². The van der Waals surface area contributed by atoms with E-state index in [2.05, 4.69) is 74.6 Å². The van der Waals surface area contributed by atoms with E-state index in [1.54, 1.807) is 21.1 Å². The lowest BCUT2D eigenvalue weighted by Gasteiger charge is -2.34. The monoisotopic (exact) mass is 800 g/mol. The van der Waals surface area contributed by atoms with Crippen LogP contribution < -0.4 is 5.11 Å². The molecule has 2 atom stereocenters. The van der Waals surface area contributed by atoms with Gasteiger partial charge in [-0.2, -0.15) is 0 Å². The highest BCUT2D eigenvalue weighted by molar-refractivity contribution is 5.70. The number of ether oxygens (including phenoxy) is 3. The molecule has 0 spiro atoms. The van der Waals surface area contributed by atoms with Gasteiger partial charge in [-0.1, -0.05) is 152 Å². The maximum Gasteiger partial charge on any atom is 0.306 e. The Hall–Kier alpha value is -2.97. The predicted molar refractivity (Wildman–Crippen MR) is 236 cm³/mol. The molecule has 0 saturated carbocycles. The number of rotatable bonds is 40. The van der Waals surface area contributed by atoms with Crippen LogP contribution in [0.2, 0.25) is 0 Å². The minimum Gasteiger partial charge on any atom is -0.544 e. The molecule has 0 aliphatic heterocycles. The minimum atomic E-state index is -1.13. The van der Waals surface area contributed by atoms with Crippen molar-refractivity contribution in [3.05, 3.63) is 60.8 Å². The Morgan fingerprint density at radius 2 is 0.930 bits per heavy atom. The number of quaternary nitrogens is 1. The third-order valence-corrected chi connectivity index (χ3v) is 9.90. The average molecular weight is 800 g/mol. The standard InChI is InChI=1S/C49H85NO7/c1-6-8-10-12-14-16-18-20-21-22-23-24-25-26-27-28-30-32-34-36-38-40-48(52)57-45(43-55-42-41-46(49(53)54)50(3,4)5)44-56-47(51)39-37-35-33-31-29-19-17-15-13-11-9-7-2/h8-11,14-17,20-21,45-46H,6-7,12-13,18-19,22-44H2,1-5H3/b10-8+,11-9+,16-14+,17-15+,21-20+. The van der Waals surface area contributed by atoms with Crippen LogP contribution in [0.15, 0.2) is 60.8 Å². The second kappa shape index (κ2) is 39.8. The van der Waals surface area contributed by atoms with E-state index in [4.69, 9.17) is 14.2 Å². The molecule has 0 aliphatic carbocycles. The molecule has 0 aromatic carbocycles. The Bertz CT molecular complexity index is 1120. The van der Waals surface area contributed by atoms with Crippen molar-refractivity contribution >= 4 is 17.9 Å². The summed E-state index contributed by atoms with van der Waals surface area (Å²) in [6, 6.07) is -0.729. The summed E-state index contributed by atoms with van der Waals surface area (Å²) >= 11 is 0. The molecule has 328 valence electrons. The maximum absolute atomic E-state index is 12.7. The van der Waals surface area contributed by atoms with E-state index in [1.807, 2.05) is 0 Å². The van der Waals surface area contributed by atoms with Crippen molar-refractivity contribution in [3.63, 3.8) is 0 Å². The molecule has 0 heterocycles. The number of hydrogen-bond donors (Lipinski definition) is 0. The Morgan fingerprint density at radius 1 is 0.526 bits per heavy atom. The zero-order valence-corrected chi connectivity index (χ0v) is 37.2. The zero-order valence-electron chi connectivity index (χ0n) is 37.2. The van der Waals surface area contributed by atoms with E-state index in [0.29, 0.717) is 12.8 Å². The molecule has 0 aromatic rings. The van der Waals surface area contributed by atoms with E-state index in [9.17, 15) is 19.5 Å². The first-order valence-corrected chi connectivity index (χ1v) is 22.8. The van der Waals surface area contributed by atoms with Gasteiger partial charge in [-0.15, -0.1) is 0 Å². The van der Waals surface area contributed by atoms with Crippen molar-refractivity contribution in [2.24, 2.45) is 0 Å². The topological polar surface area (TPSA) is 102 Å². The molecular weight excluding hydrogens is 715 g/mol. The lowest BCUT2D eigenvalue weighted by atomic mass is 10.0. The molecule has 0 saturated heterocycles. The summed E-state index contributed by atoms with van der Waals surface area (Å²) < 4.78 is 17.2. The molecule has 0 fully saturated rings. The molecule has 57 heavy (non-hydrogen) atoms. The minimum absolute atomic E-state index is 0.0335. The second-order valence-corrected chi connectivity index (χ2v) is 16.2. The highest BCUT2D eigenvalue weighted by Gasteiger charge is 2.25. The van der Waals surface area contributed by atoms with Gasteiger partial charge < -0.3 is 28.6 Å². The van der Waals surface area contributed by atoms with Gasteiger partial charge in [-0.05, 0) is 70.6 Å². The molecule has 8 heteroatoms. The quantitative estimate of drug-likeness (QED) is 0.0263. The van der Waals surface area contributed by atoms with Gasteiger partial charge in [-0.25, -0.2) is 0 Å². The van der Waals surface area contributed by atoms with Crippen LogP contribution in [0.1, 0.15) is 181 Å². The van der Waals surface area contributed by atoms with Gasteiger partial charge in [0.05, 0.1) is 40.3 Å². The number of carboxylic acid groups (broad SMARTS) is 1. The Morgan fingerprint density at radius 3 is 1.37 bits per heavy atom. The van der Waals surface area contributed by atoms with Crippen LogP contribution in [0.4, 0.5) is 0 Å². The van der Waals surface area contributed by atoms with Crippen molar-refractivity contribution in [1.82, 2.24) is 0 Å². The number of esters is 2. The number of unbranched alkanes of at least 4 members (excludes halogenated alkanes) is 16. The number of aliphatic carboxylic acids is 1. The number of carbonyl (C=O) groups is 3. The molecule has 0 N–H and O–H groups in total. The fourth-order valence-electron chi connectivity index (χ4n) is 6.42. The van der Waals surface area contributed by atoms with Gasteiger partial charge in [0.15, 0.2) is 6.10 Å². The Kier molecular flexibility index (Phi) is 37.8. The van der Waals surface area contributed by atoms with Crippen LogP contribution >= 0.6 is 0 Å². The van der Waals surface area contributed by atoms with Crippen LogP contribution in [-0.4, -0.2) is 75.5 Å². The van der Waals surface area contributed by atoms with Crippen molar-refractivity contribution < 1.29 is 38.2 Å². The molecule has 0 rings (SSSR count). The number of likely N-dealkylation sites (N-methyl/N-ethyl adjacent to an activating group) is 1. The largest absolute Gasteiger partial charge is 0.544 e. The highest BCUT2D eigenvalue weighted by atomic mass is 16.6. The predicted octanol–water partition coefficient (Wildman–Crippen LogP) is 11.2. The van der Waals surface area contributed by atoms with Gasteiger partial charge in [0.25, 0.3) is 0 Å². The Balaban J connectivity index is 4.28. The molecule has 8 nitrogen and oxygen atoms in total. The first-order valence-electron chi connectivity index (χ1n) is 22.8. The molecule has 0 aliphatic rings. The van der Waals surface area contributed by atoms with Crippen LogP contribution in [-0.2, 0) is 28.6 Å². The van der Waals surface area contributed by atoms with Crippen molar-refractivity contribution in [3.8, 4) is 0 Å². The highest BCUT2D eigenvalue weighted by Crippen LogP contribution is 2.14. The van der Waals surface area contributed by atoms with E-state index in [0.717, 1.165) is 89.9 Å². The summed E-state index contributed by atoms with van der Waals surface area (Å²) in [5, 5.41) is 11.6. The third-order valence-electron chi connectivity index (χ3n) is 9.90. The van der Waals surface area contributed by atoms with Gasteiger partial charge in [0.1, 0.15) is 12.6 Å². The summed E-state index contributed by atoms with van der Waals surface area (Å²) in [6.07, 6.45) is 48.2. The lowest BCUT2D eigenvalue weighted by Crippen LogP contribution is -2.55. The lowest BCUT2D eigenvalue weighted by molar-refractivity contribution is -0.889. The van der Waals surface area contributed by atoms with Crippen molar-refractivity contribution in [2.45, 2.75) is 193 Å². The first-order chi connectivity index (χ1) is 27.6. The van der Waals surface area contributed by atoms with Gasteiger partial charge >= 0.3 is 11.9 Å². The number of hydrogen-bond acceptors (Lipinski definition) is 7. The third kappa shape index (κ3) is 38.3. The molecule has 2 unspecified atom stereocenters. The normalized spacial score (nSPS) is 13.5. The number of allylic oxidation sites excluding steroid dienone is 10. The zero-order chi connectivity index (χ0) is 42.1. The van der Waals surface area contributed by atoms with E-state index < -0.39 is 18.1 Å². The molecule has 0 aromatic heterocycles. The van der Waals surface area contributed by atoms with Crippen molar-refractivity contribution in [1.29, 1.82) is 0 Å². The smallest absolute Gasteiger partial charge is 0.306 e. The van der Waals surface area contributed by atoms with E-state index in [-0.39, 0.29) is 42.7 Å². The average Bonchev–Trinajstić information content (AvgIpc) is 3.17. The van der Waals surface area contributed by atoms with Gasteiger partial charge in [0.2, 0.25) is 0 Å². The maximum atomic E-state index is 12.7. The number of carboxylic acids is 1. The summed E-state index contributed by atoms with van der Waals surface area (Å²) in [4.78, 5) is 36.9. The van der Waals surface area contributed by atoms with Gasteiger partial charge in [-0.3, -0.25) is 9.59 Å². The fourth-order valence-corrected chi connectivity index (χ4v) is 6.42. The van der Waals surface area contributed by atoms with Crippen LogP contribution in [0.5, 0.6) is 0 Å². The van der Waals surface area contributed by atoms with E-state index >= 15 is 0 Å². The summed E-state index contributed by atoms with van der Waals surface area (Å²) in [7, 11) is 5.40. The van der Waals surface area contributed by atoms with Gasteiger partial charge in [0, 0.05) is 19.3 Å². The fraction of sp³-hybridized carbons (Fsp3) is 0.735. The molecule has 0 radical (unpaired) electrons. The number of carbonyl (C=O) groups excluding carboxylic acids is 3. The first kappa shape index (κ1) is 54.0. The Labute approximate surface area is 349 Å². The van der Waals surface area contributed by atoms with Crippen LogP contribution in [0.3, 0.4) is 0 Å².